The van der Waals surface area contributed by atoms with E-state index in [4.69, 9.17) is 5.73 Å². The van der Waals surface area contributed by atoms with Gasteiger partial charge in [0.05, 0.1) is 6.42 Å². The summed E-state index contributed by atoms with van der Waals surface area (Å²) in [5.41, 5.74) is 7.19. The van der Waals surface area contributed by atoms with Crippen LogP contribution in [-0.4, -0.2) is 19.0 Å². The summed E-state index contributed by atoms with van der Waals surface area (Å²) >= 11 is 0. The molecule has 1 heterocycles. The number of primary amides is 1. The number of carbonyl (C=O) groups is 1. The molecule has 0 unspecified atom stereocenters. The summed E-state index contributed by atoms with van der Waals surface area (Å²) in [7, 11) is 0. The lowest BCUT2D eigenvalue weighted by Crippen LogP contribution is -2.17. The summed E-state index contributed by atoms with van der Waals surface area (Å²) in [5, 5.41) is 0. The Balaban J connectivity index is 2.10. The normalized spacial score (nSPS) is 14.2. The predicted octanol–water partition coefficient (Wildman–Crippen LogP) is 1.51. The van der Waals surface area contributed by atoms with Crippen molar-refractivity contribution in [3.8, 4) is 11.8 Å². The van der Waals surface area contributed by atoms with E-state index >= 15 is 0 Å². The van der Waals surface area contributed by atoms with E-state index in [1.807, 2.05) is 12.1 Å². The topological polar surface area (TPSA) is 46.3 Å². The van der Waals surface area contributed by atoms with Crippen molar-refractivity contribution in [1.29, 1.82) is 0 Å². The van der Waals surface area contributed by atoms with Crippen molar-refractivity contribution in [2.24, 2.45) is 5.73 Å². The van der Waals surface area contributed by atoms with Gasteiger partial charge in [0.2, 0.25) is 5.91 Å². The molecule has 3 heteroatoms. The molecule has 1 saturated heterocycles. The zero-order valence-electron chi connectivity index (χ0n) is 9.78. The van der Waals surface area contributed by atoms with Gasteiger partial charge < -0.3 is 10.6 Å². The Bertz CT molecular complexity index is 465. The molecule has 0 radical (unpaired) electrons. The SMILES string of the molecule is NC(=O)CC#Cc1cccc(N2CCCC2)c1. The third-order valence-electron chi connectivity index (χ3n) is 2.81. The van der Waals surface area contributed by atoms with Crippen LogP contribution in [0, 0.1) is 11.8 Å². The number of anilines is 1. The average molecular weight is 228 g/mol. The zero-order chi connectivity index (χ0) is 12.1. The standard InChI is InChI=1S/C14H16N2O/c15-14(17)8-4-6-12-5-3-7-13(11-12)16-9-1-2-10-16/h3,5,7,11H,1-2,8-10H2,(H2,15,17). The van der Waals surface area contributed by atoms with Crippen LogP contribution in [0.1, 0.15) is 24.8 Å². The number of nitrogens with zero attached hydrogens (tertiary/aromatic N) is 1. The first-order valence-corrected chi connectivity index (χ1v) is 5.88. The monoisotopic (exact) mass is 228 g/mol. The third kappa shape index (κ3) is 3.25. The van der Waals surface area contributed by atoms with E-state index in [0.717, 1.165) is 18.7 Å². The van der Waals surface area contributed by atoms with Gasteiger partial charge in [-0.05, 0) is 31.0 Å². The Kier molecular flexibility index (Phi) is 3.66. The predicted molar refractivity (Wildman–Crippen MR) is 68.6 cm³/mol. The van der Waals surface area contributed by atoms with Gasteiger partial charge in [-0.3, -0.25) is 4.79 Å². The lowest BCUT2D eigenvalue weighted by molar-refractivity contribution is -0.117. The highest BCUT2D eigenvalue weighted by molar-refractivity contribution is 5.76. The van der Waals surface area contributed by atoms with Gasteiger partial charge in [-0.25, -0.2) is 0 Å². The molecule has 0 saturated carbocycles. The number of hydrogen-bond donors (Lipinski definition) is 1. The minimum Gasteiger partial charge on any atom is -0.371 e. The quantitative estimate of drug-likeness (QED) is 0.780. The van der Waals surface area contributed by atoms with Crippen LogP contribution in [0.4, 0.5) is 5.69 Å². The van der Waals surface area contributed by atoms with Gasteiger partial charge in [-0.1, -0.05) is 17.9 Å². The molecular weight excluding hydrogens is 212 g/mol. The summed E-state index contributed by atoms with van der Waals surface area (Å²) in [4.78, 5) is 12.9. The fraction of sp³-hybridized carbons (Fsp3) is 0.357. The summed E-state index contributed by atoms with van der Waals surface area (Å²) in [6.07, 6.45) is 2.64. The van der Waals surface area contributed by atoms with E-state index in [9.17, 15) is 4.79 Å². The number of nitrogens with two attached hydrogens (primary N) is 1. The number of amides is 1. The summed E-state index contributed by atoms with van der Waals surface area (Å²) < 4.78 is 0. The molecule has 3 nitrogen and oxygen atoms in total. The maximum Gasteiger partial charge on any atom is 0.229 e. The number of benzene rings is 1. The van der Waals surface area contributed by atoms with Crippen molar-refractivity contribution in [3.05, 3.63) is 29.8 Å². The van der Waals surface area contributed by atoms with Gasteiger partial charge in [0.15, 0.2) is 0 Å². The largest absolute Gasteiger partial charge is 0.371 e. The molecule has 2 rings (SSSR count). The van der Waals surface area contributed by atoms with Crippen molar-refractivity contribution in [2.45, 2.75) is 19.3 Å². The molecule has 0 aliphatic carbocycles. The van der Waals surface area contributed by atoms with Gasteiger partial charge in [-0.2, -0.15) is 0 Å². The fourth-order valence-corrected chi connectivity index (χ4v) is 1.99. The average Bonchev–Trinajstić information content (AvgIpc) is 2.82. The number of hydrogen-bond acceptors (Lipinski definition) is 2. The van der Waals surface area contributed by atoms with Crippen LogP contribution >= 0.6 is 0 Å². The first-order valence-electron chi connectivity index (χ1n) is 5.88. The smallest absolute Gasteiger partial charge is 0.229 e. The summed E-state index contributed by atoms with van der Waals surface area (Å²) in [6, 6.07) is 8.12. The van der Waals surface area contributed by atoms with Crippen LogP contribution < -0.4 is 10.6 Å². The van der Waals surface area contributed by atoms with Crippen LogP contribution in [0.25, 0.3) is 0 Å². The van der Waals surface area contributed by atoms with Gasteiger partial charge in [0.25, 0.3) is 0 Å². The van der Waals surface area contributed by atoms with Gasteiger partial charge in [-0.15, -0.1) is 0 Å². The molecule has 88 valence electrons. The molecule has 1 aromatic carbocycles. The van der Waals surface area contributed by atoms with Crippen molar-refractivity contribution in [3.63, 3.8) is 0 Å². The van der Waals surface area contributed by atoms with Gasteiger partial charge in [0.1, 0.15) is 0 Å². The van der Waals surface area contributed by atoms with Crippen molar-refractivity contribution in [2.75, 3.05) is 18.0 Å². The Morgan fingerprint density at radius 2 is 2.12 bits per heavy atom. The highest BCUT2D eigenvalue weighted by atomic mass is 16.1. The van der Waals surface area contributed by atoms with E-state index in [2.05, 4.69) is 28.9 Å². The molecule has 1 aliphatic rings. The third-order valence-corrected chi connectivity index (χ3v) is 2.81. The van der Waals surface area contributed by atoms with Crippen LogP contribution in [0.5, 0.6) is 0 Å². The molecule has 1 aromatic rings. The van der Waals surface area contributed by atoms with E-state index in [-0.39, 0.29) is 12.3 Å². The zero-order valence-corrected chi connectivity index (χ0v) is 9.78. The van der Waals surface area contributed by atoms with Crippen LogP contribution in [-0.2, 0) is 4.79 Å². The highest BCUT2D eigenvalue weighted by Crippen LogP contribution is 2.20. The van der Waals surface area contributed by atoms with Gasteiger partial charge >= 0.3 is 0 Å². The van der Waals surface area contributed by atoms with Crippen molar-refractivity contribution in [1.82, 2.24) is 0 Å². The molecule has 0 bridgehead atoms. The summed E-state index contributed by atoms with van der Waals surface area (Å²) in [6.45, 7) is 2.25. The van der Waals surface area contributed by atoms with E-state index in [0.29, 0.717) is 0 Å². The summed E-state index contributed by atoms with van der Waals surface area (Å²) in [5.74, 6) is 5.36. The number of carbonyl (C=O) groups excluding carboxylic acids is 1. The van der Waals surface area contributed by atoms with Gasteiger partial charge in [0, 0.05) is 24.3 Å². The first-order chi connectivity index (χ1) is 8.25. The molecule has 1 aliphatic heterocycles. The second-order valence-electron chi connectivity index (χ2n) is 4.19. The van der Waals surface area contributed by atoms with E-state index < -0.39 is 0 Å². The Morgan fingerprint density at radius 1 is 1.35 bits per heavy atom. The Labute approximate surface area is 102 Å². The van der Waals surface area contributed by atoms with E-state index in [1.165, 1.54) is 18.5 Å². The minimum atomic E-state index is -0.381. The van der Waals surface area contributed by atoms with Crippen molar-refractivity contribution >= 4 is 11.6 Å². The molecule has 0 atom stereocenters. The Hall–Kier alpha value is -1.95. The maximum atomic E-state index is 10.6. The second kappa shape index (κ2) is 5.40. The molecule has 1 amide bonds. The van der Waals surface area contributed by atoms with Crippen LogP contribution in [0.15, 0.2) is 24.3 Å². The molecule has 0 aromatic heterocycles. The molecular formula is C14H16N2O. The lowest BCUT2D eigenvalue weighted by atomic mass is 10.2. The molecule has 1 fully saturated rings. The van der Waals surface area contributed by atoms with Crippen molar-refractivity contribution < 1.29 is 4.79 Å². The molecule has 17 heavy (non-hydrogen) atoms. The lowest BCUT2D eigenvalue weighted by Gasteiger charge is -2.17. The highest BCUT2D eigenvalue weighted by Gasteiger charge is 2.11. The van der Waals surface area contributed by atoms with Crippen LogP contribution in [0.2, 0.25) is 0 Å². The first kappa shape index (κ1) is 11.5. The van der Waals surface area contributed by atoms with Crippen LogP contribution in [0.3, 0.4) is 0 Å². The molecule has 0 spiro atoms. The molecule has 2 N–H and O–H groups in total. The Morgan fingerprint density at radius 3 is 2.82 bits per heavy atom. The maximum absolute atomic E-state index is 10.6. The number of rotatable bonds is 2. The fourth-order valence-electron chi connectivity index (χ4n) is 1.99. The van der Waals surface area contributed by atoms with E-state index in [1.54, 1.807) is 0 Å². The second-order valence-corrected chi connectivity index (χ2v) is 4.19. The minimum absolute atomic E-state index is 0.119.